The van der Waals surface area contributed by atoms with Gasteiger partial charge in [0, 0.05) is 24.1 Å². The highest BCUT2D eigenvalue weighted by Gasteiger charge is 2.39. The van der Waals surface area contributed by atoms with Gasteiger partial charge in [-0.25, -0.2) is 23.0 Å². The molecule has 3 atom stereocenters. The van der Waals surface area contributed by atoms with E-state index >= 15 is 0 Å². The molecule has 3 N–H and O–H groups in total. The standard InChI is InChI=1S/C41H41Cl2F2N3O9S.H2O/c1-53-33-8-3-2-7-29(33)38(40(50)56-37-22-48-15-13-25(37)14-16-48)47-58(51,52)28-6-4-5-27(17-28)39(49)55-35(19-30-31(42)20-46-21-32(30)43)26-11-12-34(57-41(44)45)36(18-26)54-23-24-9-10-24;/h2-8,11-12,17-18,20-21,24-25,35,37-38,41,47H,9-10,13-16,19,22-23H2,1H3;1H2/t35-,37-,38?;/m0./s1. The average Bonchev–Trinajstić information content (AvgIpc) is 4.05. The minimum Gasteiger partial charge on any atom is -0.870 e. The van der Waals surface area contributed by atoms with Crippen LogP contribution in [0.3, 0.4) is 0 Å². The lowest BCUT2D eigenvalue weighted by Gasteiger charge is -2.44. The Morgan fingerprint density at radius 3 is 2.32 bits per heavy atom. The van der Waals surface area contributed by atoms with Crippen molar-refractivity contribution in [2.24, 2.45) is 11.8 Å². The van der Waals surface area contributed by atoms with Crippen molar-refractivity contribution in [3.8, 4) is 17.2 Å². The number of hydrogen-bond acceptors (Lipinski definition) is 11. The molecule has 13 nitrogen and oxygen atoms in total. The highest BCUT2D eigenvalue weighted by molar-refractivity contribution is 7.89. The summed E-state index contributed by atoms with van der Waals surface area (Å²) >= 11 is 13.0. The number of sulfonamides is 1. The van der Waals surface area contributed by atoms with Crippen LogP contribution < -0.4 is 23.9 Å². The van der Waals surface area contributed by atoms with Gasteiger partial charge >= 0.3 is 18.6 Å². The Hall–Kier alpha value is -4.58. The van der Waals surface area contributed by atoms with Gasteiger partial charge in [-0.1, -0.05) is 53.5 Å². The fourth-order valence-corrected chi connectivity index (χ4v) is 8.96. The number of esters is 2. The third-order valence-corrected chi connectivity index (χ3v) is 12.7. The number of carbonyl (C=O) groups excluding carboxylic acids is 2. The summed E-state index contributed by atoms with van der Waals surface area (Å²) in [5.41, 5.74) is 0.867. The van der Waals surface area contributed by atoms with E-state index in [1.807, 2.05) is 0 Å². The molecule has 3 saturated heterocycles. The van der Waals surface area contributed by atoms with Crippen LogP contribution >= 0.6 is 23.2 Å². The molecule has 4 aliphatic rings. The van der Waals surface area contributed by atoms with Gasteiger partial charge in [0.1, 0.15) is 34.0 Å². The van der Waals surface area contributed by atoms with E-state index < -0.39 is 46.8 Å². The number of nitrogens with one attached hydrogen (secondary N) is 2. The van der Waals surface area contributed by atoms with Gasteiger partial charge in [0.15, 0.2) is 23.9 Å². The molecule has 1 aromatic heterocycles. The number of hydrogen-bond donors (Lipinski definition) is 1. The Kier molecular flexibility index (Phi) is 14.3. The van der Waals surface area contributed by atoms with Crippen molar-refractivity contribution < 1.29 is 60.9 Å². The molecule has 3 aliphatic heterocycles. The van der Waals surface area contributed by atoms with Crippen molar-refractivity contribution in [3.63, 3.8) is 0 Å². The van der Waals surface area contributed by atoms with Gasteiger partial charge in [0.05, 0.1) is 24.2 Å². The van der Waals surface area contributed by atoms with Crippen molar-refractivity contribution in [2.75, 3.05) is 33.4 Å². The molecule has 4 aromatic rings. The van der Waals surface area contributed by atoms with Gasteiger partial charge < -0.3 is 29.2 Å². The third-order valence-electron chi connectivity index (χ3n) is 10.6. The Balaban J connectivity index is 0.00000585. The number of carbonyl (C=O) groups is 2. The summed E-state index contributed by atoms with van der Waals surface area (Å²) in [6, 6.07) is 14.4. The van der Waals surface area contributed by atoms with Crippen molar-refractivity contribution in [1.82, 2.24) is 9.62 Å². The van der Waals surface area contributed by atoms with Gasteiger partial charge in [-0.2, -0.15) is 13.5 Å². The Bertz CT molecular complexity index is 2220. The van der Waals surface area contributed by atoms with E-state index in [0.717, 1.165) is 44.8 Å². The lowest BCUT2D eigenvalue weighted by molar-refractivity contribution is -0.377. The average molecular weight is 879 g/mol. The van der Waals surface area contributed by atoms with Crippen molar-refractivity contribution in [1.29, 1.82) is 0 Å². The summed E-state index contributed by atoms with van der Waals surface area (Å²) in [6.45, 7) is -0.419. The molecule has 59 heavy (non-hydrogen) atoms. The van der Waals surface area contributed by atoms with Crippen LogP contribution in [0.4, 0.5) is 8.78 Å². The summed E-state index contributed by atoms with van der Waals surface area (Å²) in [5, 5.41) is 0.486. The number of pyridine rings is 1. The molecule has 1 aliphatic carbocycles. The molecule has 8 rings (SSSR count). The van der Waals surface area contributed by atoms with E-state index in [9.17, 15) is 26.8 Å². The number of benzene rings is 3. The fourth-order valence-electron chi connectivity index (χ4n) is 7.22. The van der Waals surface area contributed by atoms with E-state index in [0.29, 0.717) is 17.7 Å². The zero-order valence-corrected chi connectivity index (χ0v) is 34.2. The normalized spacial score (nSPS) is 19.6. The number of rotatable bonds is 17. The molecule has 4 fully saturated rings. The molecule has 1 unspecified atom stereocenters. The van der Waals surface area contributed by atoms with Gasteiger partial charge in [0.2, 0.25) is 10.0 Å². The number of fused-ring (bicyclic) bond motifs is 3. The Labute approximate surface area is 350 Å². The number of piperidine rings is 3. The van der Waals surface area contributed by atoms with Crippen molar-refractivity contribution >= 4 is 45.2 Å². The van der Waals surface area contributed by atoms with Crippen LogP contribution in [0.1, 0.15) is 64.9 Å². The fraction of sp³-hybridized carbons (Fsp3) is 0.390. The lowest BCUT2D eigenvalue weighted by Crippen LogP contribution is -2.52. The molecule has 0 spiro atoms. The van der Waals surface area contributed by atoms with Crippen LogP contribution in [0.15, 0.2) is 84.0 Å². The number of para-hydroxylation sites is 1. The van der Waals surface area contributed by atoms with E-state index in [2.05, 4.69) is 14.6 Å². The van der Waals surface area contributed by atoms with Crippen LogP contribution in [0.25, 0.3) is 0 Å². The van der Waals surface area contributed by atoms with E-state index in [4.69, 9.17) is 46.9 Å². The summed E-state index contributed by atoms with van der Waals surface area (Å²) in [6.07, 6.45) is 5.07. The van der Waals surface area contributed by atoms with E-state index in [-0.39, 0.29) is 73.7 Å². The second kappa shape index (κ2) is 19.2. The minimum absolute atomic E-state index is 0. The first-order valence-corrected chi connectivity index (χ1v) is 21.1. The summed E-state index contributed by atoms with van der Waals surface area (Å²) < 4.78 is 85.4. The molecular formula is C41H43Cl2F2N3O10S. The molecule has 1 saturated carbocycles. The number of halogens is 4. The maximum Gasteiger partial charge on any atom is 0.387 e. The number of aromatic nitrogens is 1. The largest absolute Gasteiger partial charge is 0.870 e. The van der Waals surface area contributed by atoms with Crippen LogP contribution in [-0.4, -0.2) is 76.8 Å². The highest BCUT2D eigenvalue weighted by Crippen LogP contribution is 2.39. The second-order valence-corrected chi connectivity index (χ2v) is 17.0. The van der Waals surface area contributed by atoms with Gasteiger partial charge in [-0.15, -0.1) is 0 Å². The Morgan fingerprint density at radius 2 is 1.66 bits per heavy atom. The van der Waals surface area contributed by atoms with Crippen LogP contribution in [0.2, 0.25) is 10.0 Å². The maximum absolute atomic E-state index is 14.1. The molecule has 4 heterocycles. The van der Waals surface area contributed by atoms with E-state index in [1.54, 1.807) is 24.3 Å². The molecule has 0 amide bonds. The van der Waals surface area contributed by atoms with Crippen LogP contribution in [0.5, 0.6) is 17.2 Å². The first-order chi connectivity index (χ1) is 27.9. The second-order valence-electron chi connectivity index (χ2n) is 14.5. The first-order valence-electron chi connectivity index (χ1n) is 18.8. The number of H-pyrrole nitrogens is 1. The molecule has 0 radical (unpaired) electrons. The quantitative estimate of drug-likeness (QED) is 0.110. The monoisotopic (exact) mass is 877 g/mol. The predicted octanol–water partition coefficient (Wildman–Crippen LogP) is 6.83. The molecule has 2 bridgehead atoms. The minimum atomic E-state index is -4.51. The molecular weight excluding hydrogens is 835 g/mol. The first kappa shape index (κ1) is 44.0. The highest BCUT2D eigenvalue weighted by atomic mass is 35.5. The zero-order chi connectivity index (χ0) is 41.0. The summed E-state index contributed by atoms with van der Waals surface area (Å²) in [7, 11) is -3.09. The molecule has 18 heteroatoms. The number of aromatic amines is 1. The Morgan fingerprint density at radius 1 is 0.932 bits per heavy atom. The summed E-state index contributed by atoms with van der Waals surface area (Å²) in [5.74, 6) is -1.14. The number of nitrogens with zero attached hydrogens (tertiary/aromatic N) is 1. The smallest absolute Gasteiger partial charge is 0.387 e. The topological polar surface area (TPSA) is 174 Å². The van der Waals surface area contributed by atoms with Gasteiger partial charge in [0.25, 0.3) is 0 Å². The van der Waals surface area contributed by atoms with Crippen LogP contribution in [0, 0.1) is 11.8 Å². The van der Waals surface area contributed by atoms with Crippen molar-refractivity contribution in [2.45, 2.75) is 61.9 Å². The molecule has 316 valence electrons. The third kappa shape index (κ3) is 10.8. The lowest BCUT2D eigenvalue weighted by atomic mass is 9.86. The number of ether oxygens (including phenoxy) is 5. The number of alkyl halides is 2. The van der Waals surface area contributed by atoms with Gasteiger partial charge in [-0.05, 0) is 92.6 Å². The predicted molar refractivity (Wildman–Crippen MR) is 210 cm³/mol. The van der Waals surface area contributed by atoms with Crippen molar-refractivity contribution in [3.05, 3.63) is 111 Å². The van der Waals surface area contributed by atoms with E-state index in [1.165, 1.54) is 55.9 Å². The maximum atomic E-state index is 14.1. The van der Waals surface area contributed by atoms with Gasteiger partial charge in [-0.3, -0.25) is 4.90 Å². The molecule has 3 aromatic carbocycles. The van der Waals surface area contributed by atoms with Crippen LogP contribution in [-0.2, 0) is 30.7 Å². The summed E-state index contributed by atoms with van der Waals surface area (Å²) in [4.78, 5) is 32.6. The SMILES string of the molecule is COc1ccccc1C(NS(=O)(=O)c1cccc(C(=O)O[C@@H](Cc2c(Cl)c[nH+]cc2Cl)c2ccc(OC(F)F)c(OCC3CC3)c2)c1)C(=O)O[C@H]1CN2CCC1CC2.[OH-]. The number of methoxy groups -OCH3 is 1. The zero-order valence-electron chi connectivity index (χ0n) is 31.8.